The Labute approximate surface area is 217 Å². The molecular formula is C26H34FN3O6S. The first kappa shape index (κ1) is 28.2. The van der Waals surface area contributed by atoms with Crippen molar-refractivity contribution in [2.75, 3.05) is 36.9 Å². The number of nitrogens with zero attached hydrogens (tertiary/aromatic N) is 2. The first-order valence-corrected chi connectivity index (χ1v) is 14.1. The van der Waals surface area contributed by atoms with Crippen LogP contribution in [0.15, 0.2) is 42.5 Å². The molecule has 202 valence electrons. The molecule has 2 aromatic rings. The van der Waals surface area contributed by atoms with Gasteiger partial charge < -0.3 is 19.7 Å². The Morgan fingerprint density at radius 2 is 1.76 bits per heavy atom. The number of anilines is 1. The highest BCUT2D eigenvalue weighted by Crippen LogP contribution is 2.34. The molecule has 1 N–H and O–H groups in total. The van der Waals surface area contributed by atoms with Crippen molar-refractivity contribution in [1.29, 1.82) is 0 Å². The van der Waals surface area contributed by atoms with E-state index >= 15 is 0 Å². The van der Waals surface area contributed by atoms with Crippen molar-refractivity contribution in [3.8, 4) is 11.5 Å². The minimum atomic E-state index is -3.64. The van der Waals surface area contributed by atoms with E-state index in [1.54, 1.807) is 37.3 Å². The molecule has 37 heavy (non-hydrogen) atoms. The summed E-state index contributed by atoms with van der Waals surface area (Å²) in [4.78, 5) is 27.3. The summed E-state index contributed by atoms with van der Waals surface area (Å²) in [6.07, 6.45) is 2.10. The van der Waals surface area contributed by atoms with E-state index < -0.39 is 21.9 Å². The van der Waals surface area contributed by atoms with E-state index in [2.05, 4.69) is 5.32 Å². The number of ether oxygens (including phenoxy) is 2. The summed E-state index contributed by atoms with van der Waals surface area (Å²) < 4.78 is 50.8. The third kappa shape index (κ3) is 7.82. The number of carbonyl (C=O) groups is 2. The van der Waals surface area contributed by atoms with Crippen LogP contribution in [0.3, 0.4) is 0 Å². The summed E-state index contributed by atoms with van der Waals surface area (Å²) in [6.45, 7) is 5.04. The maximum absolute atomic E-state index is 13.4. The van der Waals surface area contributed by atoms with E-state index in [-0.39, 0.29) is 37.7 Å². The number of amides is 2. The van der Waals surface area contributed by atoms with Crippen molar-refractivity contribution >= 4 is 27.5 Å². The molecule has 0 spiro atoms. The highest BCUT2D eigenvalue weighted by atomic mass is 32.2. The van der Waals surface area contributed by atoms with E-state index in [0.717, 1.165) is 12.7 Å². The van der Waals surface area contributed by atoms with E-state index in [1.807, 2.05) is 6.92 Å². The lowest BCUT2D eigenvalue weighted by atomic mass is 10.1. The van der Waals surface area contributed by atoms with Crippen molar-refractivity contribution in [2.24, 2.45) is 0 Å². The lowest BCUT2D eigenvalue weighted by Gasteiger charge is -2.29. The highest BCUT2D eigenvalue weighted by molar-refractivity contribution is 7.92. The van der Waals surface area contributed by atoms with Gasteiger partial charge in [0.25, 0.3) is 0 Å². The number of benzene rings is 2. The average Bonchev–Trinajstić information content (AvgIpc) is 2.87. The summed E-state index contributed by atoms with van der Waals surface area (Å²) in [5.41, 5.74) is 1.09. The van der Waals surface area contributed by atoms with E-state index in [1.165, 1.54) is 21.3 Å². The summed E-state index contributed by atoms with van der Waals surface area (Å²) in [6, 6.07) is 9.89. The van der Waals surface area contributed by atoms with Crippen LogP contribution in [0.4, 0.5) is 10.1 Å². The number of nitrogens with one attached hydrogen (secondary N) is 1. The first-order chi connectivity index (χ1) is 17.6. The normalized spacial score (nSPS) is 13.5. The lowest BCUT2D eigenvalue weighted by Crippen LogP contribution is -2.47. The number of carbonyl (C=O) groups excluding carboxylic acids is 2. The molecule has 1 aliphatic rings. The standard InChI is InChI=1S/C26H34FN3O6S/c1-4-13-28-26(32)19(2)29(18-20-7-9-21(27)10-8-20)25(31)6-5-14-30(37(3,33)34)22-11-12-23-24(17-22)36-16-15-35-23/h7-12,17,19H,4-6,13-16,18H2,1-3H3,(H,28,32)/t19-/m1/s1. The Morgan fingerprint density at radius 1 is 1.08 bits per heavy atom. The highest BCUT2D eigenvalue weighted by Gasteiger charge is 2.27. The van der Waals surface area contributed by atoms with Crippen LogP contribution in [0.1, 0.15) is 38.7 Å². The van der Waals surface area contributed by atoms with Crippen LogP contribution < -0.4 is 19.1 Å². The summed E-state index contributed by atoms with van der Waals surface area (Å²) in [5, 5.41) is 2.80. The second-order valence-corrected chi connectivity index (χ2v) is 10.8. The molecule has 0 fully saturated rings. The second-order valence-electron chi connectivity index (χ2n) is 8.88. The van der Waals surface area contributed by atoms with Gasteiger partial charge in [0.1, 0.15) is 25.1 Å². The van der Waals surface area contributed by atoms with Crippen LogP contribution in [0.25, 0.3) is 0 Å². The van der Waals surface area contributed by atoms with E-state index in [0.29, 0.717) is 42.5 Å². The molecule has 2 aromatic carbocycles. The zero-order chi connectivity index (χ0) is 27.0. The van der Waals surface area contributed by atoms with E-state index in [9.17, 15) is 22.4 Å². The van der Waals surface area contributed by atoms with Gasteiger partial charge in [-0.3, -0.25) is 13.9 Å². The van der Waals surface area contributed by atoms with Crippen LogP contribution in [0.2, 0.25) is 0 Å². The first-order valence-electron chi connectivity index (χ1n) is 12.3. The largest absolute Gasteiger partial charge is 0.486 e. The van der Waals surface area contributed by atoms with Gasteiger partial charge in [-0.2, -0.15) is 0 Å². The summed E-state index contributed by atoms with van der Waals surface area (Å²) in [7, 11) is -3.64. The number of halogens is 1. The van der Waals surface area contributed by atoms with Gasteiger partial charge >= 0.3 is 0 Å². The van der Waals surface area contributed by atoms with Crippen LogP contribution in [-0.2, 0) is 26.2 Å². The molecule has 0 unspecified atom stereocenters. The molecule has 1 heterocycles. The van der Waals surface area contributed by atoms with Crippen molar-refractivity contribution < 1.29 is 31.9 Å². The smallest absolute Gasteiger partial charge is 0.242 e. The van der Waals surface area contributed by atoms with E-state index in [4.69, 9.17) is 9.47 Å². The fraction of sp³-hybridized carbons (Fsp3) is 0.462. The summed E-state index contributed by atoms with van der Waals surface area (Å²) >= 11 is 0. The molecule has 2 amide bonds. The maximum atomic E-state index is 13.4. The minimum absolute atomic E-state index is 0.0170. The topological polar surface area (TPSA) is 105 Å². The van der Waals surface area contributed by atoms with Gasteiger partial charge in [-0.15, -0.1) is 0 Å². The SMILES string of the molecule is CCCNC(=O)[C@@H](C)N(Cc1ccc(F)cc1)C(=O)CCCN(c1ccc2c(c1)OCCO2)S(C)(=O)=O. The van der Waals surface area contributed by atoms with Gasteiger partial charge in [0, 0.05) is 32.1 Å². The lowest BCUT2D eigenvalue weighted by molar-refractivity contribution is -0.140. The predicted molar refractivity (Wildman–Crippen MR) is 139 cm³/mol. The second kappa shape index (κ2) is 12.8. The molecular weight excluding hydrogens is 501 g/mol. The van der Waals surface area contributed by atoms with Crippen LogP contribution in [0, 0.1) is 5.82 Å². The van der Waals surface area contributed by atoms with Crippen LogP contribution in [-0.4, -0.2) is 63.7 Å². The van der Waals surface area contributed by atoms with Crippen molar-refractivity contribution in [2.45, 2.75) is 45.7 Å². The average molecular weight is 536 g/mol. The summed E-state index contributed by atoms with van der Waals surface area (Å²) in [5.74, 6) is 0.0251. The van der Waals surface area contributed by atoms with Crippen molar-refractivity contribution in [1.82, 2.24) is 10.2 Å². The molecule has 11 heteroatoms. The number of rotatable bonds is 12. The fourth-order valence-electron chi connectivity index (χ4n) is 3.96. The fourth-order valence-corrected chi connectivity index (χ4v) is 4.91. The van der Waals surface area contributed by atoms with Gasteiger partial charge in [0.05, 0.1) is 11.9 Å². The molecule has 0 aromatic heterocycles. The molecule has 0 aliphatic carbocycles. The van der Waals surface area contributed by atoms with Gasteiger partial charge in [-0.25, -0.2) is 12.8 Å². The molecule has 1 atom stereocenters. The Hall–Kier alpha value is -3.34. The number of hydrogen-bond acceptors (Lipinski definition) is 6. The number of fused-ring (bicyclic) bond motifs is 1. The molecule has 0 saturated heterocycles. The molecule has 1 aliphatic heterocycles. The molecule has 0 saturated carbocycles. The Bertz CT molecular complexity index is 1190. The Morgan fingerprint density at radius 3 is 2.41 bits per heavy atom. The maximum Gasteiger partial charge on any atom is 0.242 e. The third-order valence-electron chi connectivity index (χ3n) is 5.95. The zero-order valence-corrected chi connectivity index (χ0v) is 22.2. The molecule has 3 rings (SSSR count). The van der Waals surface area contributed by atoms with Gasteiger partial charge in [0.15, 0.2) is 11.5 Å². The minimum Gasteiger partial charge on any atom is -0.486 e. The zero-order valence-electron chi connectivity index (χ0n) is 21.4. The predicted octanol–water partition coefficient (Wildman–Crippen LogP) is 3.09. The van der Waals surface area contributed by atoms with Crippen molar-refractivity contribution in [3.63, 3.8) is 0 Å². The molecule has 0 radical (unpaired) electrons. The Kier molecular flexibility index (Phi) is 9.73. The Balaban J connectivity index is 1.72. The van der Waals surface area contributed by atoms with Crippen LogP contribution >= 0.6 is 0 Å². The monoisotopic (exact) mass is 535 g/mol. The number of sulfonamides is 1. The third-order valence-corrected chi connectivity index (χ3v) is 7.14. The van der Waals surface area contributed by atoms with Gasteiger partial charge in [0.2, 0.25) is 21.8 Å². The van der Waals surface area contributed by atoms with Gasteiger partial charge in [-0.05, 0) is 49.6 Å². The number of hydrogen-bond donors (Lipinski definition) is 1. The quantitative estimate of drug-likeness (QED) is 0.448. The van der Waals surface area contributed by atoms with Gasteiger partial charge in [-0.1, -0.05) is 19.1 Å². The van der Waals surface area contributed by atoms with Crippen LogP contribution in [0.5, 0.6) is 11.5 Å². The molecule has 0 bridgehead atoms. The molecule has 9 nitrogen and oxygen atoms in total. The van der Waals surface area contributed by atoms with Crippen molar-refractivity contribution in [3.05, 3.63) is 53.8 Å².